The van der Waals surface area contributed by atoms with Crippen LogP contribution in [0.25, 0.3) is 0 Å². The number of carbonyl (C=O) groups is 1. The van der Waals surface area contributed by atoms with E-state index in [9.17, 15) is 4.79 Å². The Kier molecular flexibility index (Phi) is 5.70. The van der Waals surface area contributed by atoms with Crippen molar-refractivity contribution in [2.24, 2.45) is 5.92 Å². The Labute approximate surface area is 109 Å². The molecule has 0 aromatic carbocycles. The Morgan fingerprint density at radius 1 is 1.41 bits per heavy atom. The molecule has 100 valence electrons. The van der Waals surface area contributed by atoms with Crippen molar-refractivity contribution in [1.82, 2.24) is 10.2 Å². The lowest BCUT2D eigenvalue weighted by Crippen LogP contribution is -2.44. The van der Waals surface area contributed by atoms with E-state index in [2.05, 4.69) is 5.32 Å². The molecule has 1 aliphatic carbocycles. The first-order valence-electron chi connectivity index (χ1n) is 6.34. The molecular formula is C12H23ClN2O2. The Morgan fingerprint density at radius 3 is 2.59 bits per heavy atom. The monoisotopic (exact) mass is 262 g/mol. The number of hydrogen-bond acceptors (Lipinski definition) is 3. The third-order valence-electron chi connectivity index (χ3n) is 3.64. The second-order valence-corrected chi connectivity index (χ2v) is 4.72. The van der Waals surface area contributed by atoms with E-state index in [-0.39, 0.29) is 24.4 Å². The molecule has 4 nitrogen and oxygen atoms in total. The zero-order chi connectivity index (χ0) is 11.5. The fraction of sp³-hybridized carbons (Fsp3) is 0.917. The molecule has 2 atom stereocenters. The van der Waals surface area contributed by atoms with Gasteiger partial charge in [-0.15, -0.1) is 12.4 Å². The van der Waals surface area contributed by atoms with Crippen molar-refractivity contribution in [3.63, 3.8) is 0 Å². The highest BCUT2D eigenvalue weighted by Crippen LogP contribution is 2.35. The number of nitrogens with one attached hydrogen (secondary N) is 1. The lowest BCUT2D eigenvalue weighted by atomic mass is 10.0. The molecule has 1 saturated carbocycles. The van der Waals surface area contributed by atoms with Gasteiger partial charge < -0.3 is 15.0 Å². The van der Waals surface area contributed by atoms with Crippen LogP contribution in [0.15, 0.2) is 0 Å². The topological polar surface area (TPSA) is 41.6 Å². The molecule has 0 spiro atoms. The van der Waals surface area contributed by atoms with Crippen LogP contribution in [0.5, 0.6) is 0 Å². The normalized spacial score (nSPS) is 28.7. The van der Waals surface area contributed by atoms with E-state index in [4.69, 9.17) is 4.74 Å². The van der Waals surface area contributed by atoms with Gasteiger partial charge in [-0.2, -0.15) is 0 Å². The standard InChI is InChI=1S/C12H22N2O2.ClH/c1-3-16-11-8-10(11)12(15)14-6-4-9(13-2)5-7-14;/h9-11,13H,3-8H2,1-2H3;1H. The Balaban J connectivity index is 0.00000144. The summed E-state index contributed by atoms with van der Waals surface area (Å²) in [4.78, 5) is 14.1. The third-order valence-corrected chi connectivity index (χ3v) is 3.64. The number of likely N-dealkylation sites (tertiary alicyclic amines) is 1. The zero-order valence-electron chi connectivity index (χ0n) is 10.6. The summed E-state index contributed by atoms with van der Waals surface area (Å²) < 4.78 is 5.46. The van der Waals surface area contributed by atoms with E-state index >= 15 is 0 Å². The third kappa shape index (κ3) is 3.57. The molecule has 0 radical (unpaired) electrons. The van der Waals surface area contributed by atoms with Crippen LogP contribution >= 0.6 is 12.4 Å². The average Bonchev–Trinajstić information content (AvgIpc) is 3.08. The minimum atomic E-state index is 0. The molecule has 0 aromatic rings. The number of carbonyl (C=O) groups excluding carboxylic acids is 1. The van der Waals surface area contributed by atoms with E-state index in [0.717, 1.165) is 39.0 Å². The van der Waals surface area contributed by atoms with Crippen molar-refractivity contribution >= 4 is 18.3 Å². The minimum absolute atomic E-state index is 0. The van der Waals surface area contributed by atoms with Crippen LogP contribution in [0.4, 0.5) is 0 Å². The lowest BCUT2D eigenvalue weighted by molar-refractivity contribution is -0.134. The predicted octanol–water partition coefficient (Wildman–Crippen LogP) is 1.04. The maximum Gasteiger partial charge on any atom is 0.228 e. The van der Waals surface area contributed by atoms with Gasteiger partial charge in [0, 0.05) is 25.7 Å². The van der Waals surface area contributed by atoms with Crippen molar-refractivity contribution in [3.8, 4) is 0 Å². The number of halogens is 1. The molecule has 2 fully saturated rings. The Morgan fingerprint density at radius 2 is 2.06 bits per heavy atom. The largest absolute Gasteiger partial charge is 0.378 e. The van der Waals surface area contributed by atoms with Crippen LogP contribution < -0.4 is 5.32 Å². The van der Waals surface area contributed by atoms with Gasteiger partial charge in [-0.3, -0.25) is 4.79 Å². The minimum Gasteiger partial charge on any atom is -0.378 e. The number of hydrogen-bond donors (Lipinski definition) is 1. The van der Waals surface area contributed by atoms with Gasteiger partial charge in [0.25, 0.3) is 0 Å². The summed E-state index contributed by atoms with van der Waals surface area (Å²) in [6.07, 6.45) is 3.29. The Hall–Kier alpha value is -0.320. The van der Waals surface area contributed by atoms with Crippen LogP contribution in [0.2, 0.25) is 0 Å². The second-order valence-electron chi connectivity index (χ2n) is 4.72. The van der Waals surface area contributed by atoms with Crippen molar-refractivity contribution in [1.29, 1.82) is 0 Å². The number of ether oxygens (including phenoxy) is 1. The fourth-order valence-electron chi connectivity index (χ4n) is 2.45. The Bertz CT molecular complexity index is 255. The van der Waals surface area contributed by atoms with Crippen molar-refractivity contribution in [3.05, 3.63) is 0 Å². The van der Waals surface area contributed by atoms with Crippen LogP contribution in [-0.4, -0.2) is 49.7 Å². The van der Waals surface area contributed by atoms with Gasteiger partial charge in [0.05, 0.1) is 12.0 Å². The number of piperidine rings is 1. The van der Waals surface area contributed by atoms with Crippen molar-refractivity contribution < 1.29 is 9.53 Å². The molecular weight excluding hydrogens is 240 g/mol. The molecule has 0 aromatic heterocycles. The van der Waals surface area contributed by atoms with Crippen LogP contribution in [0, 0.1) is 5.92 Å². The van der Waals surface area contributed by atoms with Crippen LogP contribution in [0.1, 0.15) is 26.2 Å². The summed E-state index contributed by atoms with van der Waals surface area (Å²) >= 11 is 0. The van der Waals surface area contributed by atoms with Crippen molar-refractivity contribution in [2.45, 2.75) is 38.3 Å². The van der Waals surface area contributed by atoms with Gasteiger partial charge >= 0.3 is 0 Å². The first-order chi connectivity index (χ1) is 7.76. The maximum absolute atomic E-state index is 12.1. The number of rotatable bonds is 4. The quantitative estimate of drug-likeness (QED) is 0.823. The SMILES string of the molecule is CCOC1CC1C(=O)N1CCC(NC)CC1.Cl. The predicted molar refractivity (Wildman–Crippen MR) is 69.4 cm³/mol. The first kappa shape index (κ1) is 14.7. The van der Waals surface area contributed by atoms with E-state index in [1.54, 1.807) is 0 Å². The first-order valence-corrected chi connectivity index (χ1v) is 6.34. The number of nitrogens with zero attached hydrogens (tertiary/aromatic N) is 1. The molecule has 2 unspecified atom stereocenters. The summed E-state index contributed by atoms with van der Waals surface area (Å²) in [5, 5.41) is 3.27. The summed E-state index contributed by atoms with van der Waals surface area (Å²) in [5.41, 5.74) is 0. The van der Waals surface area contributed by atoms with Gasteiger partial charge in [0.15, 0.2) is 0 Å². The van der Waals surface area contributed by atoms with E-state index in [1.807, 2.05) is 18.9 Å². The number of amides is 1. The zero-order valence-corrected chi connectivity index (χ0v) is 11.5. The molecule has 1 heterocycles. The van der Waals surface area contributed by atoms with E-state index in [1.165, 1.54) is 0 Å². The average molecular weight is 263 g/mol. The summed E-state index contributed by atoms with van der Waals surface area (Å²) in [6, 6.07) is 0.589. The van der Waals surface area contributed by atoms with Gasteiger partial charge in [-0.1, -0.05) is 0 Å². The highest BCUT2D eigenvalue weighted by molar-refractivity contribution is 5.85. The highest BCUT2D eigenvalue weighted by atomic mass is 35.5. The summed E-state index contributed by atoms with van der Waals surface area (Å²) in [7, 11) is 1.99. The molecule has 1 aliphatic heterocycles. The lowest BCUT2D eigenvalue weighted by Gasteiger charge is -2.32. The van der Waals surface area contributed by atoms with Crippen LogP contribution in [-0.2, 0) is 9.53 Å². The van der Waals surface area contributed by atoms with E-state index in [0.29, 0.717) is 11.9 Å². The maximum atomic E-state index is 12.1. The van der Waals surface area contributed by atoms with Crippen molar-refractivity contribution in [2.75, 3.05) is 26.7 Å². The summed E-state index contributed by atoms with van der Waals surface area (Å²) in [6.45, 7) is 4.51. The highest BCUT2D eigenvalue weighted by Gasteiger charge is 2.46. The fourth-order valence-corrected chi connectivity index (χ4v) is 2.45. The molecule has 2 rings (SSSR count). The van der Waals surface area contributed by atoms with Gasteiger partial charge in [-0.25, -0.2) is 0 Å². The molecule has 0 bridgehead atoms. The smallest absolute Gasteiger partial charge is 0.228 e. The molecule has 5 heteroatoms. The molecule has 1 saturated heterocycles. The summed E-state index contributed by atoms with van der Waals surface area (Å²) in [5.74, 6) is 0.471. The molecule has 2 aliphatic rings. The van der Waals surface area contributed by atoms with Gasteiger partial charge in [-0.05, 0) is 33.2 Å². The van der Waals surface area contributed by atoms with Gasteiger partial charge in [0.1, 0.15) is 0 Å². The van der Waals surface area contributed by atoms with Gasteiger partial charge in [0.2, 0.25) is 5.91 Å². The molecule has 1 N–H and O–H groups in total. The van der Waals surface area contributed by atoms with Crippen LogP contribution in [0.3, 0.4) is 0 Å². The van der Waals surface area contributed by atoms with E-state index < -0.39 is 0 Å². The second kappa shape index (κ2) is 6.57. The molecule has 17 heavy (non-hydrogen) atoms. The molecule has 1 amide bonds.